The second-order valence-electron chi connectivity index (χ2n) is 24.9. The first-order valence-corrected chi connectivity index (χ1v) is 41.4. The monoisotopic (exact) mass is 1180 g/mol. The summed E-state index contributed by atoms with van der Waals surface area (Å²) in [4.78, 5) is 0. The van der Waals surface area contributed by atoms with E-state index >= 15 is 0 Å². The first-order valence-electron chi connectivity index (χ1n) is 36.6. The fourth-order valence-corrected chi connectivity index (χ4v) is 16.3. The fraction of sp³-hybridized carbons (Fsp3) is 1.00. The zero-order chi connectivity index (χ0) is 58.3. The van der Waals surface area contributed by atoms with Gasteiger partial charge in [0.15, 0.2) is 0 Å². The number of unbranched alkanes of at least 4 members (excludes halogenated alkanes) is 54. The van der Waals surface area contributed by atoms with Gasteiger partial charge in [0, 0.05) is 10.4 Å². The van der Waals surface area contributed by atoms with Crippen molar-refractivity contribution in [2.45, 2.75) is 427 Å². The summed E-state index contributed by atoms with van der Waals surface area (Å²) in [5.41, 5.74) is 0. The first-order chi connectivity index (χ1) is 38.7. The molecule has 0 rings (SSSR count). The smallest absolute Gasteiger partial charge is 0.108 e. The molecule has 0 radical (unpaired) electrons. The minimum atomic E-state index is -5.17. The third kappa shape index (κ3) is 87.5. The van der Waals surface area contributed by atoms with Crippen molar-refractivity contribution >= 4 is 32.2 Å². The van der Waals surface area contributed by atoms with Gasteiger partial charge in [-0.25, -0.2) is 0 Å². The predicted molar refractivity (Wildman–Crippen MR) is 365 cm³/mol. The van der Waals surface area contributed by atoms with Gasteiger partial charge in [-0.3, -0.25) is 8.42 Å². The summed E-state index contributed by atoms with van der Waals surface area (Å²) in [6.45, 7) is 13.9. The van der Waals surface area contributed by atoms with Crippen LogP contribution in [0, 0.1) is 0 Å². The molecule has 0 bridgehead atoms. The SMILES string of the molecule is CCCCCCCCCCCC[S+](CCCCCCCCCCCC)CCCCCCCCCCCC.CCCCCCCCCCCC[S+](CCCCCCCCCCCC)CCCCCCCCCCCC.O=S(=O)([O-])[O-]. The van der Waals surface area contributed by atoms with Gasteiger partial charge in [0.2, 0.25) is 0 Å². The second kappa shape index (κ2) is 76.6. The Morgan fingerprint density at radius 2 is 0.253 bits per heavy atom. The third-order valence-electron chi connectivity index (χ3n) is 16.7. The van der Waals surface area contributed by atoms with E-state index in [1.54, 1.807) is 34.5 Å². The molecular weight excluding hydrogens is 1020 g/mol. The maximum absolute atomic E-state index is 8.52. The summed E-state index contributed by atoms with van der Waals surface area (Å²) >= 11 is 0. The summed E-state index contributed by atoms with van der Waals surface area (Å²) in [5, 5.41) is 0. The molecule has 0 aromatic heterocycles. The van der Waals surface area contributed by atoms with Gasteiger partial charge < -0.3 is 9.11 Å². The maximum atomic E-state index is 8.52. The number of rotatable bonds is 66. The highest BCUT2D eigenvalue weighted by molar-refractivity contribution is 7.97. The largest absolute Gasteiger partial charge is 0.759 e. The van der Waals surface area contributed by atoms with Gasteiger partial charge in [0.05, 0.1) is 0 Å². The topological polar surface area (TPSA) is 80.3 Å². The zero-order valence-corrected chi connectivity index (χ0v) is 58.0. The molecule has 7 heteroatoms. The van der Waals surface area contributed by atoms with E-state index in [9.17, 15) is 0 Å². The highest BCUT2D eigenvalue weighted by Gasteiger charge is 2.18. The van der Waals surface area contributed by atoms with E-state index in [2.05, 4.69) is 41.5 Å². The molecule has 0 fully saturated rings. The average Bonchev–Trinajstić information content (AvgIpc) is 3.43. The van der Waals surface area contributed by atoms with Gasteiger partial charge in [0.25, 0.3) is 0 Å². The highest BCUT2D eigenvalue weighted by atomic mass is 32.3. The summed E-state index contributed by atoms with van der Waals surface area (Å²) in [6.07, 6.45) is 88.7. The Kier molecular flexibility index (Phi) is 81.2. The fourth-order valence-electron chi connectivity index (χ4n) is 11.4. The van der Waals surface area contributed by atoms with Crippen LogP contribution >= 0.6 is 0 Å². The zero-order valence-electron chi connectivity index (χ0n) is 55.5. The van der Waals surface area contributed by atoms with Gasteiger partial charge in [0.1, 0.15) is 34.5 Å². The lowest BCUT2D eigenvalue weighted by molar-refractivity contribution is 0.352. The van der Waals surface area contributed by atoms with Crippen LogP contribution < -0.4 is 0 Å². The normalized spacial score (nSPS) is 11.7. The van der Waals surface area contributed by atoms with Crippen molar-refractivity contribution in [2.75, 3.05) is 34.5 Å². The van der Waals surface area contributed by atoms with Gasteiger partial charge >= 0.3 is 0 Å². The van der Waals surface area contributed by atoms with Crippen molar-refractivity contribution < 1.29 is 17.5 Å². The van der Waals surface area contributed by atoms with Crippen LogP contribution in [0.25, 0.3) is 0 Å². The maximum Gasteiger partial charge on any atom is 0.108 e. The van der Waals surface area contributed by atoms with Crippen LogP contribution in [0.3, 0.4) is 0 Å². The minimum absolute atomic E-state index is 0.738. The quantitative estimate of drug-likeness (QED) is 0.0263. The summed E-state index contributed by atoms with van der Waals surface area (Å²) in [7, 11) is -3.69. The van der Waals surface area contributed by atoms with Crippen LogP contribution in [0.2, 0.25) is 0 Å². The molecule has 0 aromatic rings. The van der Waals surface area contributed by atoms with Gasteiger partial charge in [-0.1, -0.05) is 350 Å². The Balaban J connectivity index is -0.00000134. The third-order valence-corrected chi connectivity index (χ3v) is 21.9. The van der Waals surface area contributed by atoms with Crippen LogP contribution in [-0.2, 0) is 32.2 Å². The Bertz CT molecular complexity index is 942. The lowest BCUT2D eigenvalue weighted by atomic mass is 10.1. The van der Waals surface area contributed by atoms with Crippen LogP contribution in [0.5, 0.6) is 0 Å². The first kappa shape index (κ1) is 83.8. The molecule has 0 saturated heterocycles. The molecule has 480 valence electrons. The molecule has 0 atom stereocenters. The molecule has 0 amide bonds. The van der Waals surface area contributed by atoms with E-state index in [1.807, 2.05) is 0 Å². The standard InChI is InChI=1S/2C36H75S.H2O4S/c2*1-4-7-10-13-16-19-22-25-28-31-34-37(35-32-29-26-23-20-17-14-11-8-5-2)36-33-30-27-24-21-18-15-12-9-6-3;1-5(2,3)4/h2*4-36H2,1-3H3;(H2,1,2,3,4)/q2*+1;/p-2. The highest BCUT2D eigenvalue weighted by Crippen LogP contribution is 2.20. The Morgan fingerprint density at radius 1 is 0.177 bits per heavy atom. The lowest BCUT2D eigenvalue weighted by Crippen LogP contribution is -2.17. The van der Waals surface area contributed by atoms with Crippen molar-refractivity contribution in [3.05, 3.63) is 0 Å². The molecule has 0 heterocycles. The summed E-state index contributed by atoms with van der Waals surface area (Å²) in [5.74, 6) is 9.37. The summed E-state index contributed by atoms with van der Waals surface area (Å²) < 4.78 is 34.1. The lowest BCUT2D eigenvalue weighted by Gasteiger charge is -2.10. The molecule has 79 heavy (non-hydrogen) atoms. The molecule has 0 saturated carbocycles. The van der Waals surface area contributed by atoms with E-state index < -0.39 is 10.4 Å². The van der Waals surface area contributed by atoms with Crippen molar-refractivity contribution in [1.82, 2.24) is 0 Å². The second-order valence-corrected chi connectivity index (χ2v) is 30.7. The van der Waals surface area contributed by atoms with Crippen LogP contribution in [0.4, 0.5) is 0 Å². The Hall–Kier alpha value is 0.570. The number of hydrogen-bond donors (Lipinski definition) is 0. The molecule has 4 nitrogen and oxygen atoms in total. The van der Waals surface area contributed by atoms with Crippen LogP contribution in [0.15, 0.2) is 0 Å². The molecule has 0 aliphatic carbocycles. The number of hydrogen-bond acceptors (Lipinski definition) is 4. The van der Waals surface area contributed by atoms with E-state index in [4.69, 9.17) is 17.5 Å². The molecule has 0 aliphatic rings. The molecule has 0 aromatic carbocycles. The van der Waals surface area contributed by atoms with Gasteiger partial charge in [-0.2, -0.15) is 0 Å². The Labute approximate surface area is 507 Å². The molecule has 0 aliphatic heterocycles. The van der Waals surface area contributed by atoms with Gasteiger partial charge in [-0.05, 0) is 98.8 Å². The van der Waals surface area contributed by atoms with E-state index in [-0.39, 0.29) is 0 Å². The van der Waals surface area contributed by atoms with Crippen molar-refractivity contribution in [1.29, 1.82) is 0 Å². The average molecular weight is 1180 g/mol. The molecule has 0 unspecified atom stereocenters. The van der Waals surface area contributed by atoms with Gasteiger partial charge in [-0.15, -0.1) is 0 Å². The molecular formula is C72H150O4S3. The van der Waals surface area contributed by atoms with Crippen LogP contribution in [-0.4, -0.2) is 52.0 Å². The minimum Gasteiger partial charge on any atom is -0.759 e. The Morgan fingerprint density at radius 3 is 0.342 bits per heavy atom. The summed E-state index contributed by atoms with van der Waals surface area (Å²) in [6, 6.07) is 0. The van der Waals surface area contributed by atoms with E-state index in [1.165, 1.54) is 385 Å². The molecule has 0 N–H and O–H groups in total. The van der Waals surface area contributed by atoms with Crippen molar-refractivity contribution in [2.24, 2.45) is 0 Å². The van der Waals surface area contributed by atoms with Crippen molar-refractivity contribution in [3.8, 4) is 0 Å². The molecule has 0 spiro atoms. The van der Waals surface area contributed by atoms with E-state index in [0.29, 0.717) is 0 Å². The van der Waals surface area contributed by atoms with Crippen molar-refractivity contribution in [3.63, 3.8) is 0 Å². The van der Waals surface area contributed by atoms with Crippen LogP contribution in [0.1, 0.15) is 427 Å². The predicted octanol–water partition coefficient (Wildman–Crippen LogP) is 25.4. The van der Waals surface area contributed by atoms with E-state index in [0.717, 1.165) is 21.8 Å².